The van der Waals surface area contributed by atoms with Crippen molar-refractivity contribution in [2.75, 3.05) is 33.5 Å². The third kappa shape index (κ3) is 6.52. The van der Waals surface area contributed by atoms with Crippen LogP contribution in [0.2, 0.25) is 0 Å². The number of aromatic nitrogens is 4. The maximum Gasteiger partial charge on any atom is 0.139 e. The van der Waals surface area contributed by atoms with Gasteiger partial charge in [-0.15, -0.1) is 0 Å². The zero-order chi connectivity index (χ0) is 21.0. The van der Waals surface area contributed by atoms with Gasteiger partial charge in [-0.2, -0.15) is 5.26 Å². The number of imidazole rings is 1. The summed E-state index contributed by atoms with van der Waals surface area (Å²) in [5.41, 5.74) is 2.67. The average molecular weight is 414 g/mol. The van der Waals surface area contributed by atoms with E-state index >= 15 is 0 Å². The van der Waals surface area contributed by atoms with Crippen molar-refractivity contribution in [3.63, 3.8) is 0 Å². The van der Waals surface area contributed by atoms with E-state index in [2.05, 4.69) is 26.0 Å². The molecule has 2 N–H and O–H groups in total. The lowest BCUT2D eigenvalue weighted by atomic mass is 9.87. The molecule has 1 aliphatic carbocycles. The Bertz CT molecular complexity index is 924. The van der Waals surface area contributed by atoms with E-state index in [4.69, 9.17) is 19.5 Å². The van der Waals surface area contributed by atoms with Gasteiger partial charge in [-0.05, 0) is 24.8 Å². The summed E-state index contributed by atoms with van der Waals surface area (Å²) in [6.07, 6.45) is 11.1. The van der Waals surface area contributed by atoms with E-state index in [1.807, 2.05) is 12.3 Å². The van der Waals surface area contributed by atoms with Crippen LogP contribution in [0.3, 0.4) is 0 Å². The molecule has 1 aliphatic rings. The zero-order valence-corrected chi connectivity index (χ0v) is 17.7. The highest BCUT2D eigenvalue weighted by atomic mass is 16.5. The Morgan fingerprint density at radius 1 is 1.13 bits per heavy atom. The van der Waals surface area contributed by atoms with Gasteiger partial charge in [0.25, 0.3) is 0 Å². The Hall–Kier alpha value is -2.47. The molecule has 8 nitrogen and oxygen atoms in total. The van der Waals surface area contributed by atoms with Crippen LogP contribution in [0.5, 0.6) is 0 Å². The largest absolute Gasteiger partial charge is 0.382 e. The summed E-state index contributed by atoms with van der Waals surface area (Å²) in [4.78, 5) is 15.2. The van der Waals surface area contributed by atoms with Crippen LogP contribution < -0.4 is 0 Å². The molecule has 0 bridgehead atoms. The first kappa shape index (κ1) is 22.2. The van der Waals surface area contributed by atoms with Gasteiger partial charge in [0, 0.05) is 25.1 Å². The Balaban J connectivity index is 0.000000239. The fourth-order valence-corrected chi connectivity index (χ4v) is 3.64. The van der Waals surface area contributed by atoms with E-state index < -0.39 is 0 Å². The molecule has 0 spiro atoms. The van der Waals surface area contributed by atoms with Crippen molar-refractivity contribution in [3.8, 4) is 6.07 Å². The normalized spacial score (nSPS) is 14.5. The molecule has 0 aromatic carbocycles. The number of fused-ring (bicyclic) bond motifs is 3. The molecule has 162 valence electrons. The molecule has 0 amide bonds. The number of hydrogen-bond donors (Lipinski definition) is 2. The van der Waals surface area contributed by atoms with Crippen LogP contribution in [0.1, 0.15) is 44.3 Å². The highest BCUT2D eigenvalue weighted by Gasteiger charge is 2.11. The number of nitriles is 1. The molecule has 1 saturated carbocycles. The van der Waals surface area contributed by atoms with Crippen molar-refractivity contribution in [2.24, 2.45) is 5.92 Å². The van der Waals surface area contributed by atoms with Gasteiger partial charge in [0.05, 0.1) is 44.2 Å². The lowest BCUT2D eigenvalue weighted by Gasteiger charge is -2.17. The Morgan fingerprint density at radius 3 is 2.73 bits per heavy atom. The molecular formula is C22H31N5O3. The van der Waals surface area contributed by atoms with Crippen LogP contribution in [0.4, 0.5) is 0 Å². The van der Waals surface area contributed by atoms with Crippen LogP contribution in [-0.2, 0) is 20.8 Å². The Labute approximate surface area is 176 Å². The minimum atomic E-state index is 0.425. The topological polar surface area (TPSA) is 109 Å². The molecule has 0 radical (unpaired) electrons. The molecule has 8 heteroatoms. The van der Waals surface area contributed by atoms with Crippen LogP contribution in [-0.4, -0.2) is 53.5 Å². The van der Waals surface area contributed by atoms with Gasteiger partial charge in [-0.3, -0.25) is 0 Å². The first-order valence-electron chi connectivity index (χ1n) is 10.6. The number of nitrogens with zero attached hydrogens (tertiary/aromatic N) is 3. The standard InChI is InChI=1S/C14H18N4O3.C8H13N/c1-19-4-5-20-6-7-21-9-12-17-11-8-16-14-10(2-3-15-14)13(11)18-12;9-7-6-8-4-2-1-3-5-8/h2-3,8H,4-7,9H2,1H3,(H,15,16)(H,17,18);8H,1-6H2. The number of nitrogens with one attached hydrogen (secondary N) is 2. The van der Waals surface area contributed by atoms with E-state index in [9.17, 15) is 0 Å². The smallest absolute Gasteiger partial charge is 0.139 e. The van der Waals surface area contributed by atoms with Gasteiger partial charge < -0.3 is 24.2 Å². The molecule has 1 fully saturated rings. The lowest BCUT2D eigenvalue weighted by Crippen LogP contribution is -2.08. The average Bonchev–Trinajstić information content (AvgIpc) is 3.41. The monoisotopic (exact) mass is 413 g/mol. The van der Waals surface area contributed by atoms with Gasteiger partial charge in [-0.1, -0.05) is 19.3 Å². The molecule has 3 heterocycles. The third-order valence-corrected chi connectivity index (χ3v) is 5.23. The number of methoxy groups -OCH3 is 1. The molecule has 0 unspecified atom stereocenters. The zero-order valence-electron chi connectivity index (χ0n) is 17.7. The molecule has 4 rings (SSSR count). The van der Waals surface area contributed by atoms with E-state index in [1.54, 1.807) is 13.3 Å². The summed E-state index contributed by atoms with van der Waals surface area (Å²) in [7, 11) is 1.65. The van der Waals surface area contributed by atoms with Crippen LogP contribution in [0, 0.1) is 17.2 Å². The number of ether oxygens (including phenoxy) is 3. The van der Waals surface area contributed by atoms with Gasteiger partial charge in [0.15, 0.2) is 0 Å². The van der Waals surface area contributed by atoms with Gasteiger partial charge in [0.2, 0.25) is 0 Å². The first-order valence-corrected chi connectivity index (χ1v) is 10.6. The summed E-state index contributed by atoms with van der Waals surface area (Å²) in [5.74, 6) is 1.53. The van der Waals surface area contributed by atoms with E-state index in [1.165, 1.54) is 32.1 Å². The summed E-state index contributed by atoms with van der Waals surface area (Å²) in [5, 5.41) is 9.38. The summed E-state index contributed by atoms with van der Waals surface area (Å²) in [6, 6.07) is 4.21. The molecule has 3 aromatic rings. The van der Waals surface area contributed by atoms with Crippen molar-refractivity contribution in [1.29, 1.82) is 5.26 Å². The van der Waals surface area contributed by atoms with Crippen LogP contribution >= 0.6 is 0 Å². The quantitative estimate of drug-likeness (QED) is 0.511. The maximum atomic E-state index is 8.37. The Kier molecular flexibility index (Phi) is 9.09. The second-order valence-corrected chi connectivity index (χ2v) is 7.47. The second-order valence-electron chi connectivity index (χ2n) is 7.47. The van der Waals surface area contributed by atoms with E-state index in [-0.39, 0.29) is 0 Å². The highest BCUT2D eigenvalue weighted by Crippen LogP contribution is 2.25. The summed E-state index contributed by atoms with van der Waals surface area (Å²) in [6.45, 7) is 2.69. The fourth-order valence-electron chi connectivity index (χ4n) is 3.64. The minimum Gasteiger partial charge on any atom is -0.382 e. The van der Waals surface area contributed by atoms with Crippen molar-refractivity contribution >= 4 is 22.1 Å². The second kappa shape index (κ2) is 12.3. The SMILES string of the molecule is COCCOCCOCc1nc2c(cnc3[nH]ccc32)[nH]1.N#CCC1CCCCC1. The van der Waals surface area contributed by atoms with Crippen molar-refractivity contribution in [1.82, 2.24) is 19.9 Å². The van der Waals surface area contributed by atoms with Gasteiger partial charge >= 0.3 is 0 Å². The van der Waals surface area contributed by atoms with E-state index in [0.29, 0.717) is 33.0 Å². The third-order valence-electron chi connectivity index (χ3n) is 5.23. The molecule has 0 atom stereocenters. The highest BCUT2D eigenvalue weighted by molar-refractivity contribution is 6.00. The fraction of sp³-hybridized carbons (Fsp3) is 0.591. The lowest BCUT2D eigenvalue weighted by molar-refractivity contribution is 0.0186. The number of rotatable bonds is 9. The van der Waals surface area contributed by atoms with Crippen molar-refractivity contribution in [2.45, 2.75) is 45.1 Å². The number of aromatic amines is 2. The maximum absolute atomic E-state index is 8.37. The number of H-pyrrole nitrogens is 2. The predicted molar refractivity (Wildman–Crippen MR) is 115 cm³/mol. The predicted octanol–water partition coefficient (Wildman–Crippen LogP) is 4.10. The van der Waals surface area contributed by atoms with E-state index in [0.717, 1.165) is 40.2 Å². The molecule has 0 aliphatic heterocycles. The van der Waals surface area contributed by atoms with Gasteiger partial charge in [0.1, 0.15) is 23.6 Å². The number of hydrogen-bond acceptors (Lipinski definition) is 6. The summed E-state index contributed by atoms with van der Waals surface area (Å²) >= 11 is 0. The van der Waals surface area contributed by atoms with Gasteiger partial charge in [-0.25, -0.2) is 9.97 Å². The molecular weight excluding hydrogens is 382 g/mol. The van der Waals surface area contributed by atoms with Crippen LogP contribution in [0.25, 0.3) is 22.1 Å². The van der Waals surface area contributed by atoms with Crippen molar-refractivity contribution in [3.05, 3.63) is 24.3 Å². The molecule has 30 heavy (non-hydrogen) atoms. The molecule has 3 aromatic heterocycles. The molecule has 0 saturated heterocycles. The first-order chi connectivity index (χ1) is 14.8. The Morgan fingerprint density at radius 2 is 1.93 bits per heavy atom. The number of pyridine rings is 1. The van der Waals surface area contributed by atoms with Crippen LogP contribution in [0.15, 0.2) is 18.5 Å². The summed E-state index contributed by atoms with van der Waals surface area (Å²) < 4.78 is 15.7. The van der Waals surface area contributed by atoms with Crippen molar-refractivity contribution < 1.29 is 14.2 Å². The minimum absolute atomic E-state index is 0.425.